The molecule has 0 aromatic heterocycles. The molecular formula is C13H14F2N2O3. The molecule has 0 saturated heterocycles. The van der Waals surface area contributed by atoms with Gasteiger partial charge in [-0.05, 0) is 30.9 Å². The van der Waals surface area contributed by atoms with Gasteiger partial charge in [0.25, 0.3) is 0 Å². The van der Waals surface area contributed by atoms with Crippen LogP contribution in [0.5, 0.6) is 0 Å². The number of carbonyl (C=O) groups excluding carboxylic acids is 1. The Morgan fingerprint density at radius 3 is 2.55 bits per heavy atom. The summed E-state index contributed by atoms with van der Waals surface area (Å²) in [7, 11) is 0. The maximum Gasteiger partial charge on any atom is 0.323 e. The molecule has 0 heterocycles. The third kappa shape index (κ3) is 3.91. The van der Waals surface area contributed by atoms with Crippen molar-refractivity contribution < 1.29 is 23.5 Å². The van der Waals surface area contributed by atoms with Crippen LogP contribution in [0.25, 0.3) is 0 Å². The van der Waals surface area contributed by atoms with Crippen LogP contribution in [0.2, 0.25) is 0 Å². The summed E-state index contributed by atoms with van der Waals surface area (Å²) < 4.78 is 25.8. The Morgan fingerprint density at radius 1 is 1.30 bits per heavy atom. The molecule has 20 heavy (non-hydrogen) atoms. The second kappa shape index (κ2) is 5.85. The van der Waals surface area contributed by atoms with E-state index in [-0.39, 0.29) is 5.69 Å². The maximum absolute atomic E-state index is 13.0. The molecule has 0 radical (unpaired) electrons. The van der Waals surface area contributed by atoms with E-state index in [0.29, 0.717) is 12.5 Å². The van der Waals surface area contributed by atoms with Gasteiger partial charge in [-0.3, -0.25) is 4.79 Å². The number of amides is 2. The highest BCUT2D eigenvalue weighted by atomic mass is 19.2. The molecule has 1 aromatic rings. The molecular weight excluding hydrogens is 270 g/mol. The largest absolute Gasteiger partial charge is 0.480 e. The number of nitrogens with zero attached hydrogens (tertiary/aromatic N) is 1. The van der Waals surface area contributed by atoms with Crippen molar-refractivity contribution in [2.45, 2.75) is 12.8 Å². The third-order valence-electron chi connectivity index (χ3n) is 2.96. The molecule has 0 aliphatic heterocycles. The number of carboxylic acid groups (broad SMARTS) is 1. The van der Waals surface area contributed by atoms with Crippen molar-refractivity contribution in [2.24, 2.45) is 5.92 Å². The zero-order chi connectivity index (χ0) is 14.7. The van der Waals surface area contributed by atoms with Crippen LogP contribution in [0, 0.1) is 17.6 Å². The van der Waals surface area contributed by atoms with Crippen LogP contribution in [-0.4, -0.2) is 35.1 Å². The normalized spacial score (nSPS) is 13.9. The summed E-state index contributed by atoms with van der Waals surface area (Å²) in [5.41, 5.74) is 0.0834. The fraction of sp³-hybridized carbons (Fsp3) is 0.385. The first kappa shape index (κ1) is 14.2. The van der Waals surface area contributed by atoms with E-state index in [1.54, 1.807) is 0 Å². The van der Waals surface area contributed by atoms with Gasteiger partial charge in [0.2, 0.25) is 0 Å². The molecule has 0 bridgehead atoms. The first-order valence-corrected chi connectivity index (χ1v) is 6.18. The van der Waals surface area contributed by atoms with E-state index in [0.717, 1.165) is 29.9 Å². The van der Waals surface area contributed by atoms with Gasteiger partial charge in [0.15, 0.2) is 11.6 Å². The predicted molar refractivity (Wildman–Crippen MR) is 67.3 cm³/mol. The highest BCUT2D eigenvalue weighted by Crippen LogP contribution is 2.29. The van der Waals surface area contributed by atoms with Gasteiger partial charge in [-0.15, -0.1) is 0 Å². The summed E-state index contributed by atoms with van der Waals surface area (Å²) in [4.78, 5) is 23.8. The number of carbonyl (C=O) groups is 2. The van der Waals surface area contributed by atoms with Gasteiger partial charge in [0, 0.05) is 18.3 Å². The zero-order valence-corrected chi connectivity index (χ0v) is 10.6. The van der Waals surface area contributed by atoms with Gasteiger partial charge in [-0.2, -0.15) is 0 Å². The van der Waals surface area contributed by atoms with Crippen LogP contribution in [0.3, 0.4) is 0 Å². The van der Waals surface area contributed by atoms with Crippen LogP contribution in [-0.2, 0) is 4.79 Å². The Morgan fingerprint density at radius 2 is 2.00 bits per heavy atom. The smallest absolute Gasteiger partial charge is 0.323 e. The van der Waals surface area contributed by atoms with Gasteiger partial charge >= 0.3 is 12.0 Å². The number of rotatable bonds is 5. The SMILES string of the molecule is O=C(O)CN(CC1CC1)C(=O)Nc1ccc(F)c(F)c1. The molecule has 0 spiro atoms. The van der Waals surface area contributed by atoms with E-state index in [1.807, 2.05) is 0 Å². The number of nitrogens with one attached hydrogen (secondary N) is 1. The maximum atomic E-state index is 13.0. The van der Waals surface area contributed by atoms with Gasteiger partial charge < -0.3 is 15.3 Å². The molecule has 1 aromatic carbocycles. The van der Waals surface area contributed by atoms with Gasteiger partial charge in [-0.25, -0.2) is 13.6 Å². The lowest BCUT2D eigenvalue weighted by Crippen LogP contribution is -2.40. The molecule has 1 saturated carbocycles. The van der Waals surface area contributed by atoms with E-state index >= 15 is 0 Å². The average molecular weight is 284 g/mol. The molecule has 108 valence electrons. The van der Waals surface area contributed by atoms with Crippen LogP contribution in [0.15, 0.2) is 18.2 Å². The van der Waals surface area contributed by atoms with E-state index < -0.39 is 30.2 Å². The van der Waals surface area contributed by atoms with E-state index in [9.17, 15) is 18.4 Å². The summed E-state index contributed by atoms with van der Waals surface area (Å²) >= 11 is 0. The van der Waals surface area contributed by atoms with Gasteiger partial charge in [-0.1, -0.05) is 0 Å². The number of halogens is 2. The highest BCUT2D eigenvalue weighted by molar-refractivity contribution is 5.91. The van der Waals surface area contributed by atoms with Crippen molar-refractivity contribution in [1.82, 2.24) is 4.90 Å². The van der Waals surface area contributed by atoms with Crippen LogP contribution in [0.1, 0.15) is 12.8 Å². The lowest BCUT2D eigenvalue weighted by molar-refractivity contribution is -0.137. The van der Waals surface area contributed by atoms with Crippen molar-refractivity contribution in [3.05, 3.63) is 29.8 Å². The van der Waals surface area contributed by atoms with Crippen molar-refractivity contribution in [1.29, 1.82) is 0 Å². The predicted octanol–water partition coefficient (Wildman–Crippen LogP) is 2.29. The van der Waals surface area contributed by atoms with E-state index in [4.69, 9.17) is 5.11 Å². The Bertz CT molecular complexity index is 532. The number of aliphatic carboxylic acids is 1. The molecule has 1 fully saturated rings. The number of carboxylic acids is 1. The van der Waals surface area contributed by atoms with Crippen molar-refractivity contribution in [2.75, 3.05) is 18.4 Å². The topological polar surface area (TPSA) is 69.6 Å². The molecule has 1 aliphatic carbocycles. The Balaban J connectivity index is 2.02. The molecule has 5 nitrogen and oxygen atoms in total. The number of benzene rings is 1. The quantitative estimate of drug-likeness (QED) is 0.871. The fourth-order valence-electron chi connectivity index (χ4n) is 1.77. The van der Waals surface area contributed by atoms with Crippen molar-refractivity contribution in [3.63, 3.8) is 0 Å². The monoisotopic (exact) mass is 284 g/mol. The molecule has 7 heteroatoms. The third-order valence-corrected chi connectivity index (χ3v) is 2.96. The Hall–Kier alpha value is -2.18. The molecule has 0 unspecified atom stereocenters. The zero-order valence-electron chi connectivity index (χ0n) is 10.6. The standard InChI is InChI=1S/C13H14F2N2O3/c14-10-4-3-9(5-11(10)15)16-13(20)17(7-12(18)19)6-8-1-2-8/h3-5,8H,1-2,6-7H2,(H,16,20)(H,18,19). The molecule has 1 aliphatic rings. The minimum atomic E-state index is -1.12. The highest BCUT2D eigenvalue weighted by Gasteiger charge is 2.28. The summed E-state index contributed by atoms with van der Waals surface area (Å²) in [5.74, 6) is -2.88. The Labute approximate surface area is 114 Å². The first-order chi connectivity index (χ1) is 9.45. The number of urea groups is 1. The van der Waals surface area contributed by atoms with Crippen molar-refractivity contribution in [3.8, 4) is 0 Å². The van der Waals surface area contributed by atoms with Crippen LogP contribution < -0.4 is 5.32 Å². The van der Waals surface area contributed by atoms with Gasteiger partial charge in [0.05, 0.1) is 0 Å². The second-order valence-electron chi connectivity index (χ2n) is 4.78. The molecule has 0 atom stereocenters. The van der Waals surface area contributed by atoms with E-state index in [2.05, 4.69) is 5.32 Å². The summed E-state index contributed by atoms with van der Waals surface area (Å²) in [6.07, 6.45) is 1.93. The van der Waals surface area contributed by atoms with Gasteiger partial charge in [0.1, 0.15) is 6.54 Å². The summed E-state index contributed by atoms with van der Waals surface area (Å²) in [6.45, 7) is -0.0756. The van der Waals surface area contributed by atoms with Crippen molar-refractivity contribution >= 4 is 17.7 Å². The fourth-order valence-corrected chi connectivity index (χ4v) is 1.77. The minimum absolute atomic E-state index is 0.0834. The summed E-state index contributed by atoms with van der Waals surface area (Å²) in [5, 5.41) is 11.1. The molecule has 2 N–H and O–H groups in total. The summed E-state index contributed by atoms with van der Waals surface area (Å²) in [6, 6.07) is 2.33. The Kier molecular flexibility index (Phi) is 4.16. The number of hydrogen-bond acceptors (Lipinski definition) is 2. The molecule has 2 rings (SSSR count). The lowest BCUT2D eigenvalue weighted by Gasteiger charge is -2.21. The molecule has 2 amide bonds. The average Bonchev–Trinajstić information content (AvgIpc) is 3.16. The first-order valence-electron chi connectivity index (χ1n) is 6.18. The lowest BCUT2D eigenvalue weighted by atomic mass is 10.3. The van der Waals surface area contributed by atoms with E-state index in [1.165, 1.54) is 6.07 Å². The van der Waals surface area contributed by atoms with Crippen LogP contribution >= 0.6 is 0 Å². The second-order valence-corrected chi connectivity index (χ2v) is 4.78. The minimum Gasteiger partial charge on any atom is -0.480 e. The number of hydrogen-bond donors (Lipinski definition) is 2. The van der Waals surface area contributed by atoms with Crippen LogP contribution in [0.4, 0.5) is 19.3 Å². The number of anilines is 1.